The quantitative estimate of drug-likeness (QED) is 0.792. The summed E-state index contributed by atoms with van der Waals surface area (Å²) in [6.07, 6.45) is 0. The van der Waals surface area contributed by atoms with Crippen LogP contribution in [0.15, 0.2) is 53.4 Å². The van der Waals surface area contributed by atoms with Crippen molar-refractivity contribution in [2.24, 2.45) is 0 Å². The van der Waals surface area contributed by atoms with Crippen LogP contribution in [0.2, 0.25) is 0 Å². The number of anilines is 1. The predicted octanol–water partition coefficient (Wildman–Crippen LogP) is 1.99. The largest absolute Gasteiger partial charge is 0.495 e. The number of ether oxygens (including phenoxy) is 1. The topological polar surface area (TPSA) is 79.0 Å². The fraction of sp³-hybridized carbons (Fsp3) is 0.316. The Morgan fingerprint density at radius 1 is 1.07 bits per heavy atom. The highest BCUT2D eigenvalue weighted by atomic mass is 35.5. The van der Waals surface area contributed by atoms with Crippen molar-refractivity contribution >= 4 is 34.0 Å². The molecule has 7 nitrogen and oxygen atoms in total. The van der Waals surface area contributed by atoms with Crippen molar-refractivity contribution in [2.45, 2.75) is 4.90 Å². The van der Waals surface area contributed by atoms with E-state index in [1.54, 1.807) is 41.3 Å². The SMILES string of the molecule is COc1ccccc1N(C)S(=O)(=O)c1ccc(C(=O)N2CCNCC2)cc1.Cl. The number of benzene rings is 2. The summed E-state index contributed by atoms with van der Waals surface area (Å²) in [5.74, 6) is 0.382. The van der Waals surface area contributed by atoms with Gasteiger partial charge in [-0.05, 0) is 36.4 Å². The van der Waals surface area contributed by atoms with Crippen molar-refractivity contribution in [3.05, 3.63) is 54.1 Å². The van der Waals surface area contributed by atoms with Gasteiger partial charge in [0.2, 0.25) is 0 Å². The molecular formula is C19H24ClN3O4S. The van der Waals surface area contributed by atoms with Crippen LogP contribution in [0.5, 0.6) is 5.75 Å². The molecule has 152 valence electrons. The van der Waals surface area contributed by atoms with Gasteiger partial charge in [0.25, 0.3) is 15.9 Å². The number of nitrogens with zero attached hydrogens (tertiary/aromatic N) is 2. The third kappa shape index (κ3) is 4.40. The van der Waals surface area contributed by atoms with Gasteiger partial charge in [0.1, 0.15) is 5.75 Å². The van der Waals surface area contributed by atoms with Crippen molar-refractivity contribution in [1.29, 1.82) is 0 Å². The van der Waals surface area contributed by atoms with Gasteiger partial charge >= 0.3 is 0 Å². The standard InChI is InChI=1S/C19H23N3O4S.ClH/c1-21(17-5-3-4-6-18(17)26-2)27(24,25)16-9-7-15(8-10-16)19(23)22-13-11-20-12-14-22;/h3-10,20H,11-14H2,1-2H3;1H. The van der Waals surface area contributed by atoms with E-state index in [-0.39, 0.29) is 23.2 Å². The van der Waals surface area contributed by atoms with E-state index in [1.165, 1.54) is 30.6 Å². The Hall–Kier alpha value is -2.29. The molecule has 1 N–H and O–H groups in total. The molecule has 0 bridgehead atoms. The van der Waals surface area contributed by atoms with E-state index in [1.807, 2.05) is 0 Å². The monoisotopic (exact) mass is 425 g/mol. The maximum absolute atomic E-state index is 13.0. The Kier molecular flexibility index (Phi) is 7.29. The highest BCUT2D eigenvalue weighted by Crippen LogP contribution is 2.30. The number of hydrogen-bond acceptors (Lipinski definition) is 5. The Morgan fingerprint density at radius 3 is 2.29 bits per heavy atom. The molecule has 1 aliphatic rings. The number of amides is 1. The lowest BCUT2D eigenvalue weighted by atomic mass is 10.2. The minimum Gasteiger partial charge on any atom is -0.495 e. The summed E-state index contributed by atoms with van der Waals surface area (Å²) in [4.78, 5) is 14.4. The van der Waals surface area contributed by atoms with E-state index >= 15 is 0 Å². The van der Waals surface area contributed by atoms with Crippen molar-refractivity contribution in [2.75, 3.05) is 44.6 Å². The highest BCUT2D eigenvalue weighted by Gasteiger charge is 2.24. The first-order valence-electron chi connectivity index (χ1n) is 8.67. The molecule has 0 saturated carbocycles. The number of carbonyl (C=O) groups is 1. The fourth-order valence-electron chi connectivity index (χ4n) is 3.00. The number of halogens is 1. The smallest absolute Gasteiger partial charge is 0.264 e. The zero-order chi connectivity index (χ0) is 19.4. The number of piperazine rings is 1. The van der Waals surface area contributed by atoms with E-state index in [4.69, 9.17) is 4.74 Å². The molecule has 1 amide bonds. The second kappa shape index (κ2) is 9.27. The van der Waals surface area contributed by atoms with Gasteiger partial charge in [-0.2, -0.15) is 0 Å². The van der Waals surface area contributed by atoms with Gasteiger partial charge < -0.3 is 15.0 Å². The summed E-state index contributed by atoms with van der Waals surface area (Å²) in [5.41, 5.74) is 0.928. The third-order valence-electron chi connectivity index (χ3n) is 4.59. The lowest BCUT2D eigenvalue weighted by Gasteiger charge is -2.27. The van der Waals surface area contributed by atoms with E-state index in [2.05, 4.69) is 5.32 Å². The normalized spacial score (nSPS) is 14.1. The van der Waals surface area contributed by atoms with Gasteiger partial charge in [-0.15, -0.1) is 12.4 Å². The summed E-state index contributed by atoms with van der Waals surface area (Å²) < 4.78 is 32.3. The molecular weight excluding hydrogens is 402 g/mol. The molecule has 1 fully saturated rings. The molecule has 1 heterocycles. The predicted molar refractivity (Wildman–Crippen MR) is 111 cm³/mol. The Labute approximate surface area is 171 Å². The first-order valence-corrected chi connectivity index (χ1v) is 10.1. The number of nitrogens with one attached hydrogen (secondary N) is 1. The van der Waals surface area contributed by atoms with Gasteiger partial charge in [-0.3, -0.25) is 9.10 Å². The average Bonchev–Trinajstić information content (AvgIpc) is 2.73. The molecule has 0 aliphatic carbocycles. The van der Waals surface area contributed by atoms with Gasteiger partial charge in [0.05, 0.1) is 17.7 Å². The first kappa shape index (κ1) is 22.0. The maximum atomic E-state index is 13.0. The maximum Gasteiger partial charge on any atom is 0.264 e. The van der Waals surface area contributed by atoms with Crippen LogP contribution in [0.3, 0.4) is 0 Å². The van der Waals surface area contributed by atoms with Crippen LogP contribution >= 0.6 is 12.4 Å². The minimum atomic E-state index is -3.77. The first-order chi connectivity index (χ1) is 12.9. The zero-order valence-electron chi connectivity index (χ0n) is 15.8. The van der Waals surface area contributed by atoms with Crippen molar-refractivity contribution in [3.8, 4) is 5.75 Å². The van der Waals surface area contributed by atoms with Crippen LogP contribution in [-0.4, -0.2) is 59.6 Å². The summed E-state index contributed by atoms with van der Waals surface area (Å²) in [7, 11) is -0.799. The number of hydrogen-bond donors (Lipinski definition) is 1. The van der Waals surface area contributed by atoms with Crippen LogP contribution < -0.4 is 14.4 Å². The lowest BCUT2D eigenvalue weighted by Crippen LogP contribution is -2.46. The van der Waals surface area contributed by atoms with Gasteiger partial charge in [-0.25, -0.2) is 8.42 Å². The molecule has 0 spiro atoms. The molecule has 28 heavy (non-hydrogen) atoms. The van der Waals surface area contributed by atoms with Crippen molar-refractivity contribution < 1.29 is 17.9 Å². The van der Waals surface area contributed by atoms with Gasteiger partial charge in [-0.1, -0.05) is 12.1 Å². The van der Waals surface area contributed by atoms with Crippen LogP contribution in [0.1, 0.15) is 10.4 Å². The van der Waals surface area contributed by atoms with E-state index in [0.717, 1.165) is 13.1 Å². The second-order valence-corrected chi connectivity index (χ2v) is 8.18. The number of para-hydroxylation sites is 2. The Morgan fingerprint density at radius 2 is 1.68 bits per heavy atom. The minimum absolute atomic E-state index is 0. The number of carbonyl (C=O) groups excluding carboxylic acids is 1. The molecule has 3 rings (SSSR count). The number of sulfonamides is 1. The third-order valence-corrected chi connectivity index (χ3v) is 6.37. The van der Waals surface area contributed by atoms with Crippen LogP contribution in [0.25, 0.3) is 0 Å². The van der Waals surface area contributed by atoms with Crippen LogP contribution in [-0.2, 0) is 10.0 Å². The van der Waals surface area contributed by atoms with E-state index < -0.39 is 10.0 Å². The van der Waals surface area contributed by atoms with E-state index in [0.29, 0.717) is 30.1 Å². The molecule has 0 aromatic heterocycles. The molecule has 9 heteroatoms. The number of methoxy groups -OCH3 is 1. The molecule has 2 aromatic carbocycles. The molecule has 1 aliphatic heterocycles. The van der Waals surface area contributed by atoms with E-state index in [9.17, 15) is 13.2 Å². The Bertz CT molecular complexity index is 913. The molecule has 1 saturated heterocycles. The molecule has 0 radical (unpaired) electrons. The summed E-state index contributed by atoms with van der Waals surface area (Å²) in [6.45, 7) is 2.83. The number of rotatable bonds is 5. The summed E-state index contributed by atoms with van der Waals surface area (Å²) >= 11 is 0. The fourth-order valence-corrected chi connectivity index (χ4v) is 4.20. The second-order valence-electron chi connectivity index (χ2n) is 6.21. The summed E-state index contributed by atoms with van der Waals surface area (Å²) in [5, 5.41) is 3.20. The van der Waals surface area contributed by atoms with Gasteiger partial charge in [0, 0.05) is 38.8 Å². The van der Waals surface area contributed by atoms with Crippen LogP contribution in [0.4, 0.5) is 5.69 Å². The summed E-state index contributed by atoms with van der Waals surface area (Å²) in [6, 6.07) is 13.0. The lowest BCUT2D eigenvalue weighted by molar-refractivity contribution is 0.0735. The Balaban J connectivity index is 0.00000280. The van der Waals surface area contributed by atoms with Crippen molar-refractivity contribution in [1.82, 2.24) is 10.2 Å². The molecule has 0 atom stereocenters. The molecule has 2 aromatic rings. The van der Waals surface area contributed by atoms with Gasteiger partial charge in [0.15, 0.2) is 0 Å². The molecule has 0 unspecified atom stereocenters. The average molecular weight is 426 g/mol. The zero-order valence-corrected chi connectivity index (χ0v) is 17.4. The highest BCUT2D eigenvalue weighted by molar-refractivity contribution is 7.92. The van der Waals surface area contributed by atoms with Crippen molar-refractivity contribution in [3.63, 3.8) is 0 Å². The van der Waals surface area contributed by atoms with Crippen LogP contribution in [0, 0.1) is 0 Å².